The zero-order chi connectivity index (χ0) is 9.35. The molecule has 0 spiro atoms. The van der Waals surface area contributed by atoms with E-state index in [1.165, 1.54) is 20.0 Å². The van der Waals surface area contributed by atoms with Gasteiger partial charge in [-0.25, -0.2) is 9.48 Å². The van der Waals surface area contributed by atoms with Gasteiger partial charge in [0.15, 0.2) is 11.4 Å². The fourth-order valence-corrected chi connectivity index (χ4v) is 0.629. The van der Waals surface area contributed by atoms with Crippen LogP contribution in [-0.4, -0.2) is 31.2 Å². The smallest absolute Gasteiger partial charge is 0.358 e. The highest BCUT2D eigenvalue weighted by Crippen LogP contribution is 2.08. The molecule has 0 amide bonds. The van der Waals surface area contributed by atoms with E-state index in [9.17, 15) is 9.90 Å². The third kappa shape index (κ3) is 1.59. The zero-order valence-electron chi connectivity index (χ0n) is 6.72. The molecular weight excluding hydrogens is 162 g/mol. The van der Waals surface area contributed by atoms with Crippen LogP contribution in [0.5, 0.6) is 0 Å². The predicted molar refractivity (Wildman–Crippen MR) is 38.5 cm³/mol. The van der Waals surface area contributed by atoms with Crippen molar-refractivity contribution in [1.82, 2.24) is 15.0 Å². The molecule has 6 nitrogen and oxygen atoms in total. The van der Waals surface area contributed by atoms with Gasteiger partial charge in [0, 0.05) is 0 Å². The molecule has 0 aliphatic heterocycles. The third-order valence-electron chi connectivity index (χ3n) is 1.27. The number of aromatic nitrogens is 3. The van der Waals surface area contributed by atoms with Crippen molar-refractivity contribution in [3.05, 3.63) is 11.9 Å². The molecule has 0 atom stereocenters. The molecule has 0 radical (unpaired) electrons. The topological polar surface area (TPSA) is 88.2 Å². The lowest BCUT2D eigenvalue weighted by atomic mass is 10.3. The molecule has 0 aromatic carbocycles. The molecule has 1 rings (SSSR count). The van der Waals surface area contributed by atoms with Crippen LogP contribution in [0.4, 0.5) is 0 Å². The molecule has 0 unspecified atom stereocenters. The summed E-state index contributed by atoms with van der Waals surface area (Å²) < 4.78 is 1.08. The molecule has 66 valence electrons. The van der Waals surface area contributed by atoms with E-state index in [-0.39, 0.29) is 5.69 Å². The summed E-state index contributed by atoms with van der Waals surface area (Å²) in [4.78, 5) is 10.3. The lowest BCUT2D eigenvalue weighted by Gasteiger charge is -2.15. The van der Waals surface area contributed by atoms with Gasteiger partial charge in [-0.15, -0.1) is 5.10 Å². The highest BCUT2D eigenvalue weighted by atomic mass is 16.4. The van der Waals surface area contributed by atoms with Crippen LogP contribution in [0.1, 0.15) is 24.3 Å². The van der Waals surface area contributed by atoms with E-state index in [0.29, 0.717) is 0 Å². The Labute approximate surface area is 68.4 Å². The Balaban J connectivity index is 3.00. The summed E-state index contributed by atoms with van der Waals surface area (Å²) in [6.45, 7) is 2.96. The largest absolute Gasteiger partial charge is 0.476 e. The van der Waals surface area contributed by atoms with Gasteiger partial charge in [0.2, 0.25) is 0 Å². The molecule has 0 aliphatic rings. The Kier molecular flexibility index (Phi) is 1.85. The van der Waals surface area contributed by atoms with E-state index in [0.717, 1.165) is 4.68 Å². The molecule has 2 N–H and O–H groups in total. The second kappa shape index (κ2) is 2.56. The minimum absolute atomic E-state index is 0.183. The number of aliphatic hydroxyl groups is 1. The van der Waals surface area contributed by atoms with Crippen molar-refractivity contribution in [1.29, 1.82) is 0 Å². The van der Waals surface area contributed by atoms with Crippen molar-refractivity contribution in [3.63, 3.8) is 0 Å². The fraction of sp³-hybridized carbons (Fsp3) is 0.500. The average molecular weight is 171 g/mol. The maximum Gasteiger partial charge on any atom is 0.358 e. The van der Waals surface area contributed by atoms with Gasteiger partial charge in [0.05, 0.1) is 6.20 Å². The van der Waals surface area contributed by atoms with Gasteiger partial charge in [-0.1, -0.05) is 5.21 Å². The maximum atomic E-state index is 10.3. The first-order valence-corrected chi connectivity index (χ1v) is 3.30. The Morgan fingerprint density at radius 3 is 2.50 bits per heavy atom. The minimum Gasteiger partial charge on any atom is -0.476 e. The van der Waals surface area contributed by atoms with E-state index in [4.69, 9.17) is 5.11 Å². The van der Waals surface area contributed by atoms with Crippen LogP contribution in [0.3, 0.4) is 0 Å². The lowest BCUT2D eigenvalue weighted by Crippen LogP contribution is -2.25. The summed E-state index contributed by atoms with van der Waals surface area (Å²) in [5.41, 5.74) is -1.40. The molecule has 0 saturated carbocycles. The molecule has 0 saturated heterocycles. The van der Waals surface area contributed by atoms with Gasteiger partial charge in [-0.05, 0) is 13.8 Å². The first-order valence-electron chi connectivity index (χ1n) is 3.30. The third-order valence-corrected chi connectivity index (χ3v) is 1.27. The number of carboxylic acids is 1. The number of nitrogens with zero attached hydrogens (tertiary/aromatic N) is 3. The first kappa shape index (κ1) is 8.66. The van der Waals surface area contributed by atoms with E-state index in [1.54, 1.807) is 0 Å². The van der Waals surface area contributed by atoms with Gasteiger partial charge in [0.25, 0.3) is 0 Å². The summed E-state index contributed by atoms with van der Waals surface area (Å²) in [6, 6.07) is 0. The molecule has 1 heterocycles. The highest BCUT2D eigenvalue weighted by molar-refractivity contribution is 5.84. The molecular formula is C6H9N3O3. The summed E-state index contributed by atoms with van der Waals surface area (Å²) >= 11 is 0. The second-order valence-electron chi connectivity index (χ2n) is 2.85. The van der Waals surface area contributed by atoms with Gasteiger partial charge < -0.3 is 10.2 Å². The zero-order valence-corrected chi connectivity index (χ0v) is 6.72. The van der Waals surface area contributed by atoms with Gasteiger partial charge in [-0.2, -0.15) is 0 Å². The maximum absolute atomic E-state index is 10.3. The van der Waals surface area contributed by atoms with E-state index in [1.807, 2.05) is 0 Å². The summed E-state index contributed by atoms with van der Waals surface area (Å²) in [6.07, 6.45) is 1.17. The van der Waals surface area contributed by atoms with Crippen LogP contribution in [0.15, 0.2) is 6.20 Å². The molecule has 0 bridgehead atoms. The SMILES string of the molecule is CC(C)(O)n1cc(C(=O)O)nn1. The molecule has 0 fully saturated rings. The summed E-state index contributed by atoms with van der Waals surface area (Å²) in [5.74, 6) is -1.16. The number of hydrogen-bond acceptors (Lipinski definition) is 4. The number of carboxylic acid groups (broad SMARTS) is 1. The monoisotopic (exact) mass is 171 g/mol. The number of hydrogen-bond donors (Lipinski definition) is 2. The van der Waals surface area contributed by atoms with Crippen molar-refractivity contribution < 1.29 is 15.0 Å². The van der Waals surface area contributed by atoms with Gasteiger partial charge in [-0.3, -0.25) is 0 Å². The molecule has 1 aromatic rings. The lowest BCUT2D eigenvalue weighted by molar-refractivity contribution is -0.0120. The van der Waals surface area contributed by atoms with Crippen molar-refractivity contribution in [2.45, 2.75) is 19.6 Å². The highest BCUT2D eigenvalue weighted by Gasteiger charge is 2.19. The van der Waals surface area contributed by atoms with Gasteiger partial charge in [0.1, 0.15) is 0 Å². The van der Waals surface area contributed by atoms with Crippen LogP contribution in [-0.2, 0) is 5.72 Å². The average Bonchev–Trinajstić information content (AvgIpc) is 2.30. The van der Waals surface area contributed by atoms with Gasteiger partial charge >= 0.3 is 5.97 Å². The van der Waals surface area contributed by atoms with Crippen LogP contribution in [0.2, 0.25) is 0 Å². The van der Waals surface area contributed by atoms with E-state index >= 15 is 0 Å². The molecule has 12 heavy (non-hydrogen) atoms. The second-order valence-corrected chi connectivity index (χ2v) is 2.85. The van der Waals surface area contributed by atoms with Crippen LogP contribution in [0, 0.1) is 0 Å². The molecule has 1 aromatic heterocycles. The number of rotatable bonds is 2. The van der Waals surface area contributed by atoms with Crippen LogP contribution < -0.4 is 0 Å². The van der Waals surface area contributed by atoms with Crippen LogP contribution in [0.25, 0.3) is 0 Å². The molecule has 6 heteroatoms. The first-order chi connectivity index (χ1) is 5.41. The quantitative estimate of drug-likeness (QED) is 0.635. The van der Waals surface area contributed by atoms with E-state index < -0.39 is 11.7 Å². The Morgan fingerprint density at radius 1 is 1.67 bits per heavy atom. The Morgan fingerprint density at radius 2 is 2.25 bits per heavy atom. The van der Waals surface area contributed by atoms with Crippen LogP contribution >= 0.6 is 0 Å². The number of carbonyl (C=O) groups is 1. The number of aromatic carboxylic acids is 1. The summed E-state index contributed by atoms with van der Waals surface area (Å²) in [7, 11) is 0. The van der Waals surface area contributed by atoms with Crippen molar-refractivity contribution in [3.8, 4) is 0 Å². The van der Waals surface area contributed by atoms with Crippen molar-refractivity contribution >= 4 is 5.97 Å². The predicted octanol–water partition coefficient (Wildman–Crippen LogP) is -0.339. The summed E-state index contributed by atoms with van der Waals surface area (Å²) in [5, 5.41) is 24.6. The Bertz CT molecular complexity index is 299. The standard InChI is InChI=1S/C6H9N3O3/c1-6(2,12)9-3-4(5(10)11)7-8-9/h3,12H,1-2H3,(H,10,11). The molecule has 0 aliphatic carbocycles. The minimum atomic E-state index is -1.22. The van der Waals surface area contributed by atoms with Crippen molar-refractivity contribution in [2.75, 3.05) is 0 Å². The Hall–Kier alpha value is -1.43. The fourth-order valence-electron chi connectivity index (χ4n) is 0.629. The van der Waals surface area contributed by atoms with Crippen molar-refractivity contribution in [2.24, 2.45) is 0 Å². The normalized spacial score (nSPS) is 11.6. The van der Waals surface area contributed by atoms with E-state index in [2.05, 4.69) is 10.3 Å².